The van der Waals surface area contributed by atoms with Crippen LogP contribution in [-0.2, 0) is 0 Å². The van der Waals surface area contributed by atoms with Gasteiger partial charge in [-0.2, -0.15) is 10.2 Å². The SMILES string of the molecule is C#CCCC1(CCNC(=O)c2ccc(N3CCNC3=O)c(C)c2)N=N1. The molecule has 3 rings (SSSR count). The van der Waals surface area contributed by atoms with Crippen molar-refractivity contribution in [1.82, 2.24) is 10.6 Å². The largest absolute Gasteiger partial charge is 0.352 e. The molecular formula is C18H21N5O2. The molecule has 0 aliphatic carbocycles. The topological polar surface area (TPSA) is 86.2 Å². The smallest absolute Gasteiger partial charge is 0.322 e. The van der Waals surface area contributed by atoms with E-state index in [0.717, 1.165) is 17.7 Å². The third-order valence-electron chi connectivity index (χ3n) is 4.47. The van der Waals surface area contributed by atoms with Crippen LogP contribution in [0.15, 0.2) is 28.4 Å². The van der Waals surface area contributed by atoms with Crippen LogP contribution in [0.25, 0.3) is 0 Å². The maximum absolute atomic E-state index is 12.3. The zero-order valence-corrected chi connectivity index (χ0v) is 14.2. The Morgan fingerprint density at radius 2 is 2.24 bits per heavy atom. The molecule has 130 valence electrons. The van der Waals surface area contributed by atoms with Gasteiger partial charge in [0.25, 0.3) is 5.91 Å². The van der Waals surface area contributed by atoms with E-state index in [4.69, 9.17) is 6.42 Å². The van der Waals surface area contributed by atoms with Gasteiger partial charge in [0.2, 0.25) is 0 Å². The van der Waals surface area contributed by atoms with E-state index in [-0.39, 0.29) is 17.6 Å². The zero-order valence-electron chi connectivity index (χ0n) is 14.2. The molecule has 2 heterocycles. The summed E-state index contributed by atoms with van der Waals surface area (Å²) in [7, 11) is 0. The molecule has 2 aliphatic rings. The first-order valence-electron chi connectivity index (χ1n) is 8.36. The fourth-order valence-electron chi connectivity index (χ4n) is 2.95. The second-order valence-corrected chi connectivity index (χ2v) is 6.28. The number of amides is 3. The molecule has 1 saturated heterocycles. The van der Waals surface area contributed by atoms with Crippen molar-refractivity contribution in [3.05, 3.63) is 29.3 Å². The molecule has 7 nitrogen and oxygen atoms in total. The molecule has 0 radical (unpaired) electrons. The van der Waals surface area contributed by atoms with Crippen LogP contribution in [-0.4, -0.2) is 37.2 Å². The molecule has 0 unspecified atom stereocenters. The van der Waals surface area contributed by atoms with Crippen molar-refractivity contribution in [2.24, 2.45) is 10.2 Å². The van der Waals surface area contributed by atoms with Gasteiger partial charge in [-0.1, -0.05) is 0 Å². The average Bonchev–Trinajstić information content (AvgIpc) is 3.25. The van der Waals surface area contributed by atoms with Gasteiger partial charge >= 0.3 is 6.03 Å². The van der Waals surface area contributed by atoms with Gasteiger partial charge in [0.1, 0.15) is 0 Å². The fraction of sp³-hybridized carbons (Fsp3) is 0.444. The van der Waals surface area contributed by atoms with Crippen LogP contribution in [0.4, 0.5) is 10.5 Å². The number of nitrogens with zero attached hydrogens (tertiary/aromatic N) is 3. The van der Waals surface area contributed by atoms with E-state index in [0.29, 0.717) is 38.0 Å². The van der Waals surface area contributed by atoms with Gasteiger partial charge in [-0.15, -0.1) is 12.3 Å². The Morgan fingerprint density at radius 3 is 2.84 bits per heavy atom. The van der Waals surface area contributed by atoms with Gasteiger partial charge in [-0.25, -0.2) is 4.79 Å². The molecule has 2 N–H and O–H groups in total. The van der Waals surface area contributed by atoms with Crippen molar-refractivity contribution in [3.8, 4) is 12.3 Å². The Labute approximate surface area is 146 Å². The van der Waals surface area contributed by atoms with Crippen molar-refractivity contribution < 1.29 is 9.59 Å². The van der Waals surface area contributed by atoms with Crippen LogP contribution in [0.3, 0.4) is 0 Å². The van der Waals surface area contributed by atoms with Crippen molar-refractivity contribution in [1.29, 1.82) is 0 Å². The van der Waals surface area contributed by atoms with E-state index in [2.05, 4.69) is 26.8 Å². The highest BCUT2D eigenvalue weighted by atomic mass is 16.2. The van der Waals surface area contributed by atoms with Crippen molar-refractivity contribution in [3.63, 3.8) is 0 Å². The Balaban J connectivity index is 1.55. The number of aryl methyl sites for hydroxylation is 1. The second-order valence-electron chi connectivity index (χ2n) is 6.28. The Kier molecular flexibility index (Phi) is 4.70. The van der Waals surface area contributed by atoms with Crippen LogP contribution in [0.2, 0.25) is 0 Å². The summed E-state index contributed by atoms with van der Waals surface area (Å²) in [5.74, 6) is 2.44. The van der Waals surface area contributed by atoms with Gasteiger partial charge in [0.05, 0.1) is 0 Å². The van der Waals surface area contributed by atoms with E-state index in [1.807, 2.05) is 13.0 Å². The predicted molar refractivity (Wildman–Crippen MR) is 94.5 cm³/mol. The number of carbonyl (C=O) groups is 2. The lowest BCUT2D eigenvalue weighted by molar-refractivity contribution is 0.0952. The lowest BCUT2D eigenvalue weighted by Crippen LogP contribution is -2.29. The Morgan fingerprint density at radius 1 is 1.44 bits per heavy atom. The van der Waals surface area contributed by atoms with Gasteiger partial charge in [-0.3, -0.25) is 9.69 Å². The Hall–Kier alpha value is -2.88. The number of benzene rings is 1. The molecular weight excluding hydrogens is 318 g/mol. The summed E-state index contributed by atoms with van der Waals surface area (Å²) in [5.41, 5.74) is 1.91. The van der Waals surface area contributed by atoms with Gasteiger partial charge < -0.3 is 10.6 Å². The number of anilines is 1. The highest BCUT2D eigenvalue weighted by molar-refractivity contribution is 5.97. The standard InChI is InChI=1S/C18H21N5O2/c1-3-4-7-18(21-22-18)8-9-19-16(24)14-5-6-15(13(2)12-14)23-11-10-20-17(23)25/h1,5-6,12H,4,7-11H2,2H3,(H,19,24)(H,20,25). The Bertz CT molecular complexity index is 759. The molecule has 1 aromatic carbocycles. The molecule has 0 aromatic heterocycles. The van der Waals surface area contributed by atoms with Crippen LogP contribution in [0, 0.1) is 19.3 Å². The molecule has 1 fully saturated rings. The number of terminal acetylenes is 1. The normalized spacial score (nSPS) is 17.1. The highest BCUT2D eigenvalue weighted by Gasteiger charge is 2.38. The van der Waals surface area contributed by atoms with E-state index < -0.39 is 0 Å². The summed E-state index contributed by atoms with van der Waals surface area (Å²) in [5, 5.41) is 13.8. The molecule has 0 spiro atoms. The minimum absolute atomic E-state index is 0.102. The zero-order chi connectivity index (χ0) is 17.9. The van der Waals surface area contributed by atoms with Gasteiger partial charge in [-0.05, 0) is 30.7 Å². The van der Waals surface area contributed by atoms with Crippen LogP contribution in [0.1, 0.15) is 35.2 Å². The first-order valence-corrected chi connectivity index (χ1v) is 8.36. The molecule has 0 saturated carbocycles. The number of carbonyl (C=O) groups excluding carboxylic acids is 2. The van der Waals surface area contributed by atoms with E-state index in [1.54, 1.807) is 17.0 Å². The summed E-state index contributed by atoms with van der Waals surface area (Å²) in [6, 6.07) is 5.25. The van der Waals surface area contributed by atoms with Crippen LogP contribution in [0.5, 0.6) is 0 Å². The minimum atomic E-state index is -0.386. The maximum Gasteiger partial charge on any atom is 0.322 e. The fourth-order valence-corrected chi connectivity index (χ4v) is 2.95. The minimum Gasteiger partial charge on any atom is -0.352 e. The summed E-state index contributed by atoms with van der Waals surface area (Å²) in [6.07, 6.45) is 7.28. The summed E-state index contributed by atoms with van der Waals surface area (Å²) < 4.78 is 0. The molecule has 1 aromatic rings. The van der Waals surface area contributed by atoms with Gasteiger partial charge in [0.15, 0.2) is 5.66 Å². The number of urea groups is 1. The number of nitrogens with one attached hydrogen (secondary N) is 2. The van der Waals surface area contributed by atoms with Gasteiger partial charge in [0, 0.05) is 50.1 Å². The van der Waals surface area contributed by atoms with Crippen LogP contribution < -0.4 is 15.5 Å². The van der Waals surface area contributed by atoms with Crippen molar-refractivity contribution in [2.45, 2.75) is 31.8 Å². The molecule has 0 bridgehead atoms. The van der Waals surface area contributed by atoms with E-state index >= 15 is 0 Å². The third-order valence-corrected chi connectivity index (χ3v) is 4.47. The molecule has 0 atom stereocenters. The quantitative estimate of drug-likeness (QED) is 0.746. The summed E-state index contributed by atoms with van der Waals surface area (Å²) >= 11 is 0. The first-order chi connectivity index (χ1) is 12.0. The number of hydrogen-bond acceptors (Lipinski definition) is 4. The third kappa shape index (κ3) is 3.79. The molecule has 7 heteroatoms. The monoisotopic (exact) mass is 339 g/mol. The maximum atomic E-state index is 12.3. The molecule has 25 heavy (non-hydrogen) atoms. The predicted octanol–water partition coefficient (Wildman–Crippen LogP) is 2.22. The molecule has 3 amide bonds. The highest BCUT2D eigenvalue weighted by Crippen LogP contribution is 2.36. The molecule has 2 aliphatic heterocycles. The second kappa shape index (κ2) is 6.93. The van der Waals surface area contributed by atoms with Crippen molar-refractivity contribution >= 4 is 17.6 Å². The van der Waals surface area contributed by atoms with E-state index in [1.165, 1.54) is 0 Å². The lowest BCUT2D eigenvalue weighted by atomic mass is 10.0. The van der Waals surface area contributed by atoms with Crippen LogP contribution >= 0.6 is 0 Å². The number of hydrogen-bond donors (Lipinski definition) is 2. The van der Waals surface area contributed by atoms with E-state index in [9.17, 15) is 9.59 Å². The summed E-state index contributed by atoms with van der Waals surface area (Å²) in [4.78, 5) is 25.8. The summed E-state index contributed by atoms with van der Waals surface area (Å²) in [6.45, 7) is 3.66. The number of rotatable bonds is 7. The lowest BCUT2D eigenvalue weighted by Gasteiger charge is -2.17. The first kappa shape index (κ1) is 17.0. The van der Waals surface area contributed by atoms with Crippen molar-refractivity contribution in [2.75, 3.05) is 24.5 Å². The average molecular weight is 339 g/mol.